The van der Waals surface area contributed by atoms with Crippen LogP contribution in [-0.4, -0.2) is 79.1 Å². The minimum absolute atomic E-state index is 0.237. The molecule has 4 rings (SSSR count). The van der Waals surface area contributed by atoms with Gasteiger partial charge in [0.1, 0.15) is 0 Å². The van der Waals surface area contributed by atoms with Crippen LogP contribution in [0.1, 0.15) is 36.1 Å². The fourth-order valence-electron chi connectivity index (χ4n) is 4.77. The number of carbonyl (C=O) groups is 1. The molecule has 0 aliphatic carbocycles. The Bertz CT molecular complexity index is 613. The number of rotatable bonds is 4. The van der Waals surface area contributed by atoms with Gasteiger partial charge in [0.2, 0.25) is 5.91 Å². The summed E-state index contributed by atoms with van der Waals surface area (Å²) in [5.41, 5.74) is 1.44. The van der Waals surface area contributed by atoms with Gasteiger partial charge in [-0.1, -0.05) is 0 Å². The second kappa shape index (κ2) is 9.03. The van der Waals surface area contributed by atoms with Gasteiger partial charge in [-0.05, 0) is 62.7 Å². The zero-order chi connectivity index (χ0) is 18.6. The molecule has 3 saturated heterocycles. The van der Waals surface area contributed by atoms with E-state index in [4.69, 9.17) is 4.74 Å². The molecule has 1 aromatic heterocycles. The lowest BCUT2D eigenvalue weighted by atomic mass is 9.92. The maximum atomic E-state index is 12.7. The Morgan fingerprint density at radius 2 is 1.78 bits per heavy atom. The van der Waals surface area contributed by atoms with Crippen LogP contribution in [0.5, 0.6) is 0 Å². The molecule has 0 saturated carbocycles. The highest BCUT2D eigenvalue weighted by molar-refractivity contribution is 7.10. The number of morpholine rings is 1. The molecule has 27 heavy (non-hydrogen) atoms. The molecule has 0 aromatic carbocycles. The molecule has 0 atom stereocenters. The number of hydrogen-bond acceptors (Lipinski definition) is 5. The van der Waals surface area contributed by atoms with Crippen molar-refractivity contribution in [3.8, 4) is 0 Å². The third-order valence-corrected chi connectivity index (χ3v) is 7.62. The first-order valence-electron chi connectivity index (χ1n) is 10.6. The standard InChI is InChI=1S/C21H33N3O2S/c1-17-6-15-27-20(17)16-22-7-4-19(5-8-22)23-9-2-18(3-10-23)21(25)24-11-13-26-14-12-24/h6,15,18-19H,2-5,7-14,16H2,1H3. The summed E-state index contributed by atoms with van der Waals surface area (Å²) in [4.78, 5) is 21.5. The van der Waals surface area contributed by atoms with Crippen LogP contribution in [0.25, 0.3) is 0 Å². The Kier molecular flexibility index (Phi) is 6.48. The minimum Gasteiger partial charge on any atom is -0.378 e. The summed E-state index contributed by atoms with van der Waals surface area (Å²) in [6.45, 7) is 10.9. The van der Waals surface area contributed by atoms with Crippen LogP contribution in [-0.2, 0) is 16.1 Å². The molecule has 0 unspecified atom stereocenters. The average Bonchev–Trinajstić information content (AvgIpc) is 3.13. The molecule has 1 aromatic rings. The predicted octanol–water partition coefficient (Wildman–Crippen LogP) is 2.59. The van der Waals surface area contributed by atoms with Crippen molar-refractivity contribution in [3.63, 3.8) is 0 Å². The van der Waals surface area contributed by atoms with Gasteiger partial charge in [0, 0.05) is 49.6 Å². The third kappa shape index (κ3) is 4.73. The van der Waals surface area contributed by atoms with Crippen LogP contribution in [0.15, 0.2) is 11.4 Å². The molecule has 1 amide bonds. The zero-order valence-corrected chi connectivity index (χ0v) is 17.4. The maximum Gasteiger partial charge on any atom is 0.225 e. The summed E-state index contributed by atoms with van der Waals surface area (Å²) in [5, 5.41) is 2.21. The van der Waals surface area contributed by atoms with Crippen molar-refractivity contribution in [2.24, 2.45) is 5.92 Å². The average molecular weight is 392 g/mol. The molecule has 6 heteroatoms. The Morgan fingerprint density at radius 3 is 2.41 bits per heavy atom. The van der Waals surface area contributed by atoms with Gasteiger partial charge in [-0.3, -0.25) is 9.69 Å². The number of nitrogens with zero attached hydrogens (tertiary/aromatic N) is 3. The summed E-state index contributed by atoms with van der Waals surface area (Å²) < 4.78 is 5.38. The van der Waals surface area contributed by atoms with Crippen molar-refractivity contribution >= 4 is 17.2 Å². The molecular weight excluding hydrogens is 358 g/mol. The van der Waals surface area contributed by atoms with E-state index in [1.807, 2.05) is 16.2 Å². The fourth-order valence-corrected chi connectivity index (χ4v) is 5.71. The SMILES string of the molecule is Cc1ccsc1CN1CCC(N2CCC(C(=O)N3CCOCC3)CC2)CC1. The summed E-state index contributed by atoms with van der Waals surface area (Å²) in [6.07, 6.45) is 4.61. The summed E-state index contributed by atoms with van der Waals surface area (Å²) in [6, 6.07) is 2.94. The van der Waals surface area contributed by atoms with E-state index in [2.05, 4.69) is 28.2 Å². The highest BCUT2D eigenvalue weighted by Crippen LogP contribution is 2.27. The minimum atomic E-state index is 0.237. The molecule has 4 heterocycles. The first kappa shape index (κ1) is 19.4. The summed E-state index contributed by atoms with van der Waals surface area (Å²) >= 11 is 1.89. The monoisotopic (exact) mass is 391 g/mol. The van der Waals surface area contributed by atoms with Crippen molar-refractivity contribution in [3.05, 3.63) is 21.9 Å². The molecule has 3 aliphatic heterocycles. The Labute approximate surface area is 167 Å². The van der Waals surface area contributed by atoms with E-state index in [1.54, 1.807) is 0 Å². The lowest BCUT2D eigenvalue weighted by Gasteiger charge is -2.42. The van der Waals surface area contributed by atoms with Gasteiger partial charge in [0.15, 0.2) is 0 Å². The van der Waals surface area contributed by atoms with Gasteiger partial charge in [-0.15, -0.1) is 11.3 Å². The van der Waals surface area contributed by atoms with E-state index in [9.17, 15) is 4.79 Å². The first-order valence-corrected chi connectivity index (χ1v) is 11.4. The molecular formula is C21H33N3O2S. The van der Waals surface area contributed by atoms with Gasteiger partial charge in [0.05, 0.1) is 13.2 Å². The fraction of sp³-hybridized carbons (Fsp3) is 0.762. The van der Waals surface area contributed by atoms with Crippen molar-refractivity contribution in [1.29, 1.82) is 0 Å². The Morgan fingerprint density at radius 1 is 1.07 bits per heavy atom. The quantitative estimate of drug-likeness (QED) is 0.790. The smallest absolute Gasteiger partial charge is 0.225 e. The lowest BCUT2D eigenvalue weighted by Crippen LogP contribution is -2.50. The second-order valence-electron chi connectivity index (χ2n) is 8.28. The van der Waals surface area contributed by atoms with Crippen LogP contribution >= 0.6 is 11.3 Å². The molecule has 0 spiro atoms. The van der Waals surface area contributed by atoms with Gasteiger partial charge in [-0.2, -0.15) is 0 Å². The number of piperidine rings is 2. The number of thiophene rings is 1. The van der Waals surface area contributed by atoms with E-state index in [-0.39, 0.29) is 5.92 Å². The molecule has 0 radical (unpaired) electrons. The maximum absolute atomic E-state index is 12.7. The zero-order valence-electron chi connectivity index (χ0n) is 16.6. The second-order valence-corrected chi connectivity index (χ2v) is 9.28. The highest BCUT2D eigenvalue weighted by atomic mass is 32.1. The van der Waals surface area contributed by atoms with E-state index in [1.165, 1.54) is 36.4 Å². The molecule has 0 N–H and O–H groups in total. The number of likely N-dealkylation sites (tertiary alicyclic amines) is 2. The molecule has 150 valence electrons. The predicted molar refractivity (Wildman–Crippen MR) is 109 cm³/mol. The molecule has 3 aliphatic rings. The van der Waals surface area contributed by atoms with Crippen molar-refractivity contribution in [2.75, 3.05) is 52.5 Å². The summed E-state index contributed by atoms with van der Waals surface area (Å²) in [5.74, 6) is 0.611. The van der Waals surface area contributed by atoms with Crippen LogP contribution in [0.2, 0.25) is 0 Å². The van der Waals surface area contributed by atoms with E-state index in [0.29, 0.717) is 25.2 Å². The van der Waals surface area contributed by atoms with Gasteiger partial charge >= 0.3 is 0 Å². The van der Waals surface area contributed by atoms with Gasteiger partial charge in [0.25, 0.3) is 0 Å². The number of ether oxygens (including phenoxy) is 1. The van der Waals surface area contributed by atoms with Crippen molar-refractivity contribution in [1.82, 2.24) is 14.7 Å². The Balaban J connectivity index is 1.20. The van der Waals surface area contributed by atoms with Crippen molar-refractivity contribution in [2.45, 2.75) is 45.2 Å². The number of hydrogen-bond donors (Lipinski definition) is 0. The highest BCUT2D eigenvalue weighted by Gasteiger charge is 2.32. The van der Waals surface area contributed by atoms with Crippen LogP contribution < -0.4 is 0 Å². The van der Waals surface area contributed by atoms with Gasteiger partial charge in [-0.25, -0.2) is 0 Å². The molecule has 3 fully saturated rings. The van der Waals surface area contributed by atoms with Crippen LogP contribution in [0.4, 0.5) is 0 Å². The van der Waals surface area contributed by atoms with Crippen LogP contribution in [0, 0.1) is 12.8 Å². The Hall–Kier alpha value is -0.950. The van der Waals surface area contributed by atoms with Crippen LogP contribution in [0.3, 0.4) is 0 Å². The summed E-state index contributed by atoms with van der Waals surface area (Å²) in [7, 11) is 0. The van der Waals surface area contributed by atoms with E-state index < -0.39 is 0 Å². The number of aryl methyl sites for hydroxylation is 1. The normalized spacial score (nSPS) is 24.4. The van der Waals surface area contributed by atoms with E-state index in [0.717, 1.165) is 45.6 Å². The third-order valence-electron chi connectivity index (χ3n) is 6.61. The molecule has 0 bridgehead atoms. The first-order chi connectivity index (χ1) is 13.2. The van der Waals surface area contributed by atoms with Crippen molar-refractivity contribution < 1.29 is 9.53 Å². The molecule has 5 nitrogen and oxygen atoms in total. The van der Waals surface area contributed by atoms with E-state index >= 15 is 0 Å². The lowest BCUT2D eigenvalue weighted by molar-refractivity contribution is -0.141. The number of amides is 1. The topological polar surface area (TPSA) is 36.0 Å². The number of carbonyl (C=O) groups excluding carboxylic acids is 1. The van der Waals surface area contributed by atoms with Gasteiger partial charge < -0.3 is 14.5 Å². The largest absolute Gasteiger partial charge is 0.378 e.